The lowest BCUT2D eigenvalue weighted by Gasteiger charge is -2.21. The lowest BCUT2D eigenvalue weighted by molar-refractivity contribution is 0.111. The van der Waals surface area contributed by atoms with E-state index in [0.717, 1.165) is 11.8 Å². The van der Waals surface area contributed by atoms with Crippen molar-refractivity contribution in [2.75, 3.05) is 18.9 Å². The summed E-state index contributed by atoms with van der Waals surface area (Å²) in [7, 11) is 1.77. The molecule has 0 amide bonds. The van der Waals surface area contributed by atoms with Crippen LogP contribution in [0.4, 0.5) is 5.82 Å². The van der Waals surface area contributed by atoms with Gasteiger partial charge in [0.25, 0.3) is 0 Å². The van der Waals surface area contributed by atoms with Gasteiger partial charge in [0.15, 0.2) is 17.8 Å². The molecule has 0 atom stereocenters. The van der Waals surface area contributed by atoms with Crippen LogP contribution in [0.1, 0.15) is 10.4 Å². The minimum Gasteiger partial charge on any atom is -0.485 e. The topological polar surface area (TPSA) is 79.4 Å². The van der Waals surface area contributed by atoms with E-state index in [1.54, 1.807) is 29.9 Å². The summed E-state index contributed by atoms with van der Waals surface area (Å²) in [6, 6.07) is 5.24. The Labute approximate surface area is 109 Å². The highest BCUT2D eigenvalue weighted by Gasteiger charge is 2.22. The third kappa shape index (κ3) is 1.81. The van der Waals surface area contributed by atoms with E-state index in [1.807, 2.05) is 0 Å². The van der Waals surface area contributed by atoms with Gasteiger partial charge in [0.05, 0.1) is 11.3 Å². The zero-order valence-corrected chi connectivity index (χ0v) is 10.4. The predicted octanol–water partition coefficient (Wildman–Crippen LogP) is 1.25. The van der Waals surface area contributed by atoms with Crippen molar-refractivity contribution in [2.24, 2.45) is 7.05 Å². The smallest absolute Gasteiger partial charge is 0.172 e. The second-order valence-corrected chi connectivity index (χ2v) is 4.25. The molecule has 0 unspecified atom stereocenters. The Balaban J connectivity index is 2.19. The van der Waals surface area contributed by atoms with Gasteiger partial charge in [-0.15, -0.1) is 0 Å². The highest BCUT2D eigenvalue weighted by atomic mass is 16.6. The van der Waals surface area contributed by atoms with Crippen molar-refractivity contribution in [1.29, 1.82) is 0 Å². The number of nitrogens with zero attached hydrogens (tertiary/aromatic N) is 2. The van der Waals surface area contributed by atoms with E-state index in [2.05, 4.69) is 5.10 Å². The third-order valence-electron chi connectivity index (χ3n) is 3.04. The molecule has 0 fully saturated rings. The van der Waals surface area contributed by atoms with E-state index in [4.69, 9.17) is 15.2 Å². The minimum absolute atomic E-state index is 0.432. The Kier molecular flexibility index (Phi) is 2.63. The fraction of sp³-hybridized carbons (Fsp3) is 0.231. The summed E-state index contributed by atoms with van der Waals surface area (Å²) in [6.07, 6.45) is 0.754. The third-order valence-corrected chi connectivity index (χ3v) is 3.04. The summed E-state index contributed by atoms with van der Waals surface area (Å²) in [4.78, 5) is 11.0. The van der Waals surface area contributed by atoms with Crippen LogP contribution in [0.15, 0.2) is 18.2 Å². The maximum atomic E-state index is 11.0. The fourth-order valence-corrected chi connectivity index (χ4v) is 2.07. The number of benzene rings is 1. The van der Waals surface area contributed by atoms with E-state index in [1.165, 1.54) is 0 Å². The molecule has 2 aromatic rings. The summed E-state index contributed by atoms with van der Waals surface area (Å²) >= 11 is 0. The number of carbonyl (C=O) groups excluding carboxylic acids is 1. The molecular weight excluding hydrogens is 246 g/mol. The first kappa shape index (κ1) is 11.6. The Bertz CT molecular complexity index is 629. The average Bonchev–Trinajstić information content (AvgIpc) is 2.77. The van der Waals surface area contributed by atoms with Gasteiger partial charge in [-0.1, -0.05) is 0 Å². The van der Waals surface area contributed by atoms with Crippen LogP contribution in [0.3, 0.4) is 0 Å². The average molecular weight is 259 g/mol. The Morgan fingerprint density at radius 2 is 2.05 bits per heavy atom. The van der Waals surface area contributed by atoms with Crippen LogP contribution in [0.25, 0.3) is 11.3 Å². The van der Waals surface area contributed by atoms with Crippen molar-refractivity contribution in [3.8, 4) is 22.8 Å². The zero-order valence-electron chi connectivity index (χ0n) is 10.4. The standard InChI is InChI=1S/C13H13N3O3/c1-16-11(14)6-10(15-16)9-3-2-8(7-17)12-13(9)19-5-4-18-12/h2-3,6-7H,4-5,14H2,1H3. The normalized spacial score (nSPS) is 13.3. The second-order valence-electron chi connectivity index (χ2n) is 4.25. The highest BCUT2D eigenvalue weighted by Crippen LogP contribution is 2.41. The Morgan fingerprint density at radius 3 is 2.68 bits per heavy atom. The number of anilines is 1. The Morgan fingerprint density at radius 1 is 1.32 bits per heavy atom. The fourth-order valence-electron chi connectivity index (χ4n) is 2.07. The van der Waals surface area contributed by atoms with Crippen LogP contribution < -0.4 is 15.2 Å². The van der Waals surface area contributed by atoms with Gasteiger partial charge in [0, 0.05) is 18.7 Å². The van der Waals surface area contributed by atoms with Gasteiger partial charge in [0.1, 0.15) is 19.0 Å². The van der Waals surface area contributed by atoms with E-state index < -0.39 is 0 Å². The molecule has 0 saturated carbocycles. The molecule has 1 aliphatic heterocycles. The molecule has 1 aromatic heterocycles. The largest absolute Gasteiger partial charge is 0.485 e. The molecule has 0 bridgehead atoms. The van der Waals surface area contributed by atoms with Gasteiger partial charge >= 0.3 is 0 Å². The maximum Gasteiger partial charge on any atom is 0.172 e. The van der Waals surface area contributed by atoms with Gasteiger partial charge in [-0.05, 0) is 12.1 Å². The van der Waals surface area contributed by atoms with Crippen molar-refractivity contribution < 1.29 is 14.3 Å². The van der Waals surface area contributed by atoms with Crippen molar-refractivity contribution >= 4 is 12.1 Å². The number of hydrogen-bond donors (Lipinski definition) is 1. The monoisotopic (exact) mass is 259 g/mol. The summed E-state index contributed by atoms with van der Waals surface area (Å²) < 4.78 is 12.7. The van der Waals surface area contributed by atoms with Crippen LogP contribution >= 0.6 is 0 Å². The molecule has 19 heavy (non-hydrogen) atoms. The molecular formula is C13H13N3O3. The van der Waals surface area contributed by atoms with Crippen LogP contribution in [-0.4, -0.2) is 29.3 Å². The number of ether oxygens (including phenoxy) is 2. The molecule has 2 heterocycles. The van der Waals surface area contributed by atoms with E-state index in [-0.39, 0.29) is 0 Å². The van der Waals surface area contributed by atoms with Gasteiger partial charge in [0.2, 0.25) is 0 Å². The number of aldehydes is 1. The predicted molar refractivity (Wildman–Crippen MR) is 69.4 cm³/mol. The number of hydrogen-bond acceptors (Lipinski definition) is 5. The van der Waals surface area contributed by atoms with Gasteiger partial charge in [-0.2, -0.15) is 5.10 Å². The first-order chi connectivity index (χ1) is 9.20. The minimum atomic E-state index is 0.432. The van der Waals surface area contributed by atoms with Crippen molar-refractivity contribution in [3.05, 3.63) is 23.8 Å². The Hall–Kier alpha value is -2.50. The summed E-state index contributed by atoms with van der Waals surface area (Å²) in [5.41, 5.74) is 7.72. The molecule has 3 rings (SSSR count). The number of nitrogen functional groups attached to an aromatic ring is 1. The van der Waals surface area contributed by atoms with Crippen molar-refractivity contribution in [3.63, 3.8) is 0 Å². The molecule has 0 spiro atoms. The maximum absolute atomic E-state index is 11.0. The molecule has 0 aliphatic carbocycles. The van der Waals surface area contributed by atoms with Gasteiger partial charge in [-0.3, -0.25) is 9.48 Å². The van der Waals surface area contributed by atoms with E-state index in [9.17, 15) is 4.79 Å². The molecule has 1 aliphatic rings. The number of rotatable bonds is 2. The molecule has 0 saturated heterocycles. The van der Waals surface area contributed by atoms with Gasteiger partial charge in [-0.25, -0.2) is 0 Å². The lowest BCUT2D eigenvalue weighted by atomic mass is 10.1. The number of nitrogens with two attached hydrogens (primary N) is 1. The quantitative estimate of drug-likeness (QED) is 0.821. The summed E-state index contributed by atoms with van der Waals surface area (Å²) in [5.74, 6) is 1.58. The first-order valence-corrected chi connectivity index (χ1v) is 5.88. The second kappa shape index (κ2) is 4.31. The number of aromatic nitrogens is 2. The SMILES string of the molecule is Cn1nc(-c2ccc(C=O)c3c2OCCO3)cc1N. The van der Waals surface area contributed by atoms with Crippen LogP contribution in [0.2, 0.25) is 0 Å². The number of carbonyl (C=O) groups is 1. The molecule has 6 nitrogen and oxygen atoms in total. The summed E-state index contributed by atoms with van der Waals surface area (Å²) in [6.45, 7) is 0.881. The van der Waals surface area contributed by atoms with Gasteiger partial charge < -0.3 is 15.2 Å². The molecule has 0 radical (unpaired) electrons. The zero-order chi connectivity index (χ0) is 13.4. The molecule has 98 valence electrons. The van der Waals surface area contributed by atoms with Crippen LogP contribution in [-0.2, 0) is 7.05 Å². The van der Waals surface area contributed by atoms with Crippen molar-refractivity contribution in [1.82, 2.24) is 9.78 Å². The molecule has 1 aromatic carbocycles. The van der Waals surface area contributed by atoms with Crippen LogP contribution in [0.5, 0.6) is 11.5 Å². The van der Waals surface area contributed by atoms with Crippen LogP contribution in [0, 0.1) is 0 Å². The van der Waals surface area contributed by atoms with Crippen molar-refractivity contribution in [2.45, 2.75) is 0 Å². The summed E-state index contributed by atoms with van der Waals surface area (Å²) in [5, 5.41) is 4.31. The highest BCUT2D eigenvalue weighted by molar-refractivity contribution is 5.86. The van der Waals surface area contributed by atoms with E-state index >= 15 is 0 Å². The number of aryl methyl sites for hydroxylation is 1. The lowest BCUT2D eigenvalue weighted by Crippen LogP contribution is -2.17. The van der Waals surface area contributed by atoms with E-state index in [0.29, 0.717) is 41.8 Å². The molecule has 2 N–H and O–H groups in total. The first-order valence-electron chi connectivity index (χ1n) is 5.88. The molecule has 6 heteroatoms. The number of fused-ring (bicyclic) bond motifs is 1.